The van der Waals surface area contributed by atoms with Crippen molar-refractivity contribution < 1.29 is 22.7 Å². The number of carbonyl (C=O) groups excluding carboxylic acids is 1. The van der Waals surface area contributed by atoms with E-state index in [-0.39, 0.29) is 29.9 Å². The monoisotopic (exact) mass is 458 g/mol. The molecule has 0 aliphatic carbocycles. The van der Waals surface area contributed by atoms with Crippen molar-refractivity contribution >= 4 is 44.2 Å². The molecule has 0 saturated heterocycles. The molecule has 3 aromatic rings. The van der Waals surface area contributed by atoms with Crippen LogP contribution in [0, 0.1) is 0 Å². The molecule has 3 N–H and O–H groups in total. The van der Waals surface area contributed by atoms with Gasteiger partial charge in [0.2, 0.25) is 5.88 Å². The molecule has 0 unspecified atom stereocenters. The quantitative estimate of drug-likeness (QED) is 0.586. The third kappa shape index (κ3) is 3.63. The Kier molecular flexibility index (Phi) is 5.26. The summed E-state index contributed by atoms with van der Waals surface area (Å²) < 4.78 is 39.0. The summed E-state index contributed by atoms with van der Waals surface area (Å²) in [6.45, 7) is -0.104. The molecular weight excluding hydrogens is 436 g/mol. The van der Waals surface area contributed by atoms with Crippen LogP contribution in [0.5, 0.6) is 11.6 Å². The average Bonchev–Trinajstić information content (AvgIpc) is 2.75. The summed E-state index contributed by atoms with van der Waals surface area (Å²) in [6.07, 6.45) is 1.57. The summed E-state index contributed by atoms with van der Waals surface area (Å²) in [5, 5.41) is 0.664. The van der Waals surface area contributed by atoms with Crippen molar-refractivity contribution in [3.63, 3.8) is 0 Å². The van der Waals surface area contributed by atoms with E-state index in [9.17, 15) is 13.2 Å². The molecule has 0 fully saturated rings. The first kappa shape index (κ1) is 21.6. The number of anilines is 3. The number of pyridine rings is 2. The number of nitrogens with zero attached hydrogens (tertiary/aromatic N) is 4. The average molecular weight is 459 g/mol. The lowest BCUT2D eigenvalue weighted by Gasteiger charge is -2.27. The van der Waals surface area contributed by atoms with Gasteiger partial charge in [-0.1, -0.05) is 6.07 Å². The molecule has 0 saturated carbocycles. The van der Waals surface area contributed by atoms with Gasteiger partial charge in [0.25, 0.3) is 5.91 Å². The first-order valence-electron chi connectivity index (χ1n) is 9.49. The first-order valence-corrected chi connectivity index (χ1v) is 10.9. The molecule has 0 bridgehead atoms. The number of hydrogen-bond acceptors (Lipinski definition) is 8. The third-order valence-electron chi connectivity index (χ3n) is 5.09. The second-order valence-corrected chi connectivity index (χ2v) is 9.20. The first-order chi connectivity index (χ1) is 15.1. The van der Waals surface area contributed by atoms with E-state index < -0.39 is 10.2 Å². The second kappa shape index (κ2) is 7.80. The van der Waals surface area contributed by atoms with Gasteiger partial charge in [0, 0.05) is 38.3 Å². The van der Waals surface area contributed by atoms with Gasteiger partial charge in [-0.3, -0.25) is 9.52 Å². The predicted molar refractivity (Wildman–Crippen MR) is 121 cm³/mol. The number of amides is 1. The number of nitrogens with one attached hydrogen (secondary N) is 1. The van der Waals surface area contributed by atoms with Crippen LogP contribution in [0.4, 0.5) is 17.2 Å². The van der Waals surface area contributed by atoms with Crippen LogP contribution in [0.2, 0.25) is 0 Å². The molecule has 1 aromatic carbocycles. The third-order valence-corrected chi connectivity index (χ3v) is 6.53. The summed E-state index contributed by atoms with van der Waals surface area (Å²) in [5.41, 5.74) is 8.64. The number of aromatic nitrogens is 2. The largest absolute Gasteiger partial charge is 0.481 e. The molecule has 11 nitrogen and oxygen atoms in total. The highest BCUT2D eigenvalue weighted by Crippen LogP contribution is 2.42. The number of benzene rings is 1. The topological polar surface area (TPSA) is 140 Å². The smallest absolute Gasteiger partial charge is 0.301 e. The van der Waals surface area contributed by atoms with Crippen LogP contribution in [0.15, 0.2) is 30.5 Å². The zero-order valence-corrected chi connectivity index (χ0v) is 18.7. The van der Waals surface area contributed by atoms with Crippen LogP contribution in [0.3, 0.4) is 0 Å². The van der Waals surface area contributed by atoms with Crippen LogP contribution >= 0.6 is 0 Å². The zero-order chi connectivity index (χ0) is 23.2. The molecule has 32 heavy (non-hydrogen) atoms. The van der Waals surface area contributed by atoms with Crippen LogP contribution in [0.25, 0.3) is 22.0 Å². The van der Waals surface area contributed by atoms with E-state index >= 15 is 0 Å². The Morgan fingerprint density at radius 2 is 2.00 bits per heavy atom. The fourth-order valence-electron chi connectivity index (χ4n) is 3.32. The molecule has 3 heterocycles. The maximum atomic E-state index is 12.3. The number of carbonyl (C=O) groups is 1. The highest BCUT2D eigenvalue weighted by molar-refractivity contribution is 7.90. The van der Waals surface area contributed by atoms with Crippen molar-refractivity contribution in [2.75, 3.05) is 50.2 Å². The van der Waals surface area contributed by atoms with E-state index in [1.165, 1.54) is 26.1 Å². The Labute approximate surface area is 184 Å². The second-order valence-electron chi connectivity index (χ2n) is 7.32. The number of fused-ring (bicyclic) bond motifs is 3. The number of hydrogen-bond donors (Lipinski definition) is 2. The Hall–Kier alpha value is -3.64. The minimum absolute atomic E-state index is 0.104. The van der Waals surface area contributed by atoms with E-state index in [1.54, 1.807) is 25.4 Å². The van der Waals surface area contributed by atoms with Crippen molar-refractivity contribution in [1.29, 1.82) is 0 Å². The summed E-state index contributed by atoms with van der Waals surface area (Å²) in [6, 6.07) is 7.04. The fourth-order valence-corrected chi connectivity index (χ4v) is 3.93. The lowest BCUT2D eigenvalue weighted by molar-refractivity contribution is -0.120. The number of nitrogens with two attached hydrogens (primary N) is 1. The van der Waals surface area contributed by atoms with E-state index in [0.717, 1.165) is 9.87 Å². The number of rotatable bonds is 5. The molecule has 0 radical (unpaired) electrons. The zero-order valence-electron chi connectivity index (χ0n) is 17.9. The summed E-state index contributed by atoms with van der Waals surface area (Å²) in [7, 11) is 2.09. The maximum absolute atomic E-state index is 12.3. The molecule has 1 aliphatic rings. The van der Waals surface area contributed by atoms with E-state index in [4.69, 9.17) is 15.2 Å². The minimum atomic E-state index is -3.76. The molecule has 1 aliphatic heterocycles. The highest BCUT2D eigenvalue weighted by Gasteiger charge is 2.28. The van der Waals surface area contributed by atoms with Gasteiger partial charge in [-0.25, -0.2) is 9.97 Å². The Morgan fingerprint density at radius 1 is 1.25 bits per heavy atom. The van der Waals surface area contributed by atoms with Gasteiger partial charge in [-0.15, -0.1) is 0 Å². The Morgan fingerprint density at radius 3 is 2.69 bits per heavy atom. The molecular formula is C20H22N6O5S. The van der Waals surface area contributed by atoms with Crippen LogP contribution in [-0.2, 0) is 15.0 Å². The van der Waals surface area contributed by atoms with Gasteiger partial charge in [0.05, 0.1) is 12.6 Å². The number of likely N-dealkylation sites (N-methyl/N-ethyl adjacent to an activating group) is 1. The normalized spacial score (nSPS) is 13.8. The van der Waals surface area contributed by atoms with Crippen molar-refractivity contribution in [2.45, 2.75) is 0 Å². The van der Waals surface area contributed by atoms with Crippen LogP contribution < -0.4 is 24.8 Å². The Balaban J connectivity index is 1.85. The molecule has 0 atom stereocenters. The van der Waals surface area contributed by atoms with Gasteiger partial charge in [0.1, 0.15) is 11.4 Å². The summed E-state index contributed by atoms with van der Waals surface area (Å²) >= 11 is 0. The van der Waals surface area contributed by atoms with Gasteiger partial charge >= 0.3 is 10.2 Å². The standard InChI is InChI=1S/C20H22N6O5S/c1-25(2)32(28,29)24-15-8-12(9-22-20(15)30-4)11-5-6-14-13(7-11)18-17(19(21)23-14)26(3)16(27)10-31-18/h5-9,24H,10H2,1-4H3,(H2,21,23). The van der Waals surface area contributed by atoms with Crippen molar-refractivity contribution in [3.8, 4) is 22.8 Å². The van der Waals surface area contributed by atoms with Crippen LogP contribution in [-0.4, -0.2) is 63.5 Å². The minimum Gasteiger partial charge on any atom is -0.481 e. The summed E-state index contributed by atoms with van der Waals surface area (Å²) in [4.78, 5) is 22.1. The maximum Gasteiger partial charge on any atom is 0.301 e. The highest BCUT2D eigenvalue weighted by atomic mass is 32.2. The van der Waals surface area contributed by atoms with Crippen molar-refractivity contribution in [3.05, 3.63) is 30.5 Å². The van der Waals surface area contributed by atoms with Gasteiger partial charge in [-0.2, -0.15) is 12.7 Å². The molecule has 1 amide bonds. The molecule has 168 valence electrons. The Bertz CT molecular complexity index is 1340. The summed E-state index contributed by atoms with van der Waals surface area (Å²) in [5.74, 6) is 0.572. The van der Waals surface area contributed by atoms with E-state index in [1.807, 2.05) is 12.1 Å². The number of nitrogen functional groups attached to an aromatic ring is 1. The van der Waals surface area contributed by atoms with Gasteiger partial charge in [-0.05, 0) is 23.8 Å². The number of ether oxygens (including phenoxy) is 2. The number of methoxy groups -OCH3 is 1. The lowest BCUT2D eigenvalue weighted by atomic mass is 10.0. The SMILES string of the molecule is COc1ncc(-c2ccc3nc(N)c4c(c3c2)OCC(=O)N4C)cc1NS(=O)(=O)N(C)C. The molecule has 2 aromatic heterocycles. The van der Waals surface area contributed by atoms with Gasteiger partial charge in [0.15, 0.2) is 18.2 Å². The fraction of sp³-hybridized carbons (Fsp3) is 0.250. The molecule has 12 heteroatoms. The predicted octanol–water partition coefficient (Wildman–Crippen LogP) is 1.46. The van der Waals surface area contributed by atoms with Crippen LogP contribution in [0.1, 0.15) is 0 Å². The van der Waals surface area contributed by atoms with Crippen molar-refractivity contribution in [2.24, 2.45) is 0 Å². The molecule has 0 spiro atoms. The van der Waals surface area contributed by atoms with E-state index in [2.05, 4.69) is 14.7 Å². The van der Waals surface area contributed by atoms with E-state index in [0.29, 0.717) is 27.9 Å². The lowest BCUT2D eigenvalue weighted by Crippen LogP contribution is -2.36. The van der Waals surface area contributed by atoms with Gasteiger partial charge < -0.3 is 20.1 Å². The molecule has 4 rings (SSSR count). The van der Waals surface area contributed by atoms with Crippen molar-refractivity contribution in [1.82, 2.24) is 14.3 Å².